The van der Waals surface area contributed by atoms with Gasteiger partial charge in [-0.1, -0.05) is 18.2 Å². The fraction of sp³-hybridized carbons (Fsp3) is 0.321. The smallest absolute Gasteiger partial charge is 0.490 e. The van der Waals surface area contributed by atoms with E-state index >= 15 is 0 Å². The third kappa shape index (κ3) is 4.31. The molecular weight excluding hydrogens is 524 g/mol. The van der Waals surface area contributed by atoms with Crippen LogP contribution < -0.4 is 20.4 Å². The quantitative estimate of drug-likeness (QED) is 0.267. The second kappa shape index (κ2) is 9.57. The molecule has 0 radical (unpaired) electrons. The Labute approximate surface area is 227 Å². The molecule has 0 spiro atoms. The van der Waals surface area contributed by atoms with Crippen LogP contribution in [-0.2, 0) is 18.9 Å². The summed E-state index contributed by atoms with van der Waals surface area (Å²) in [6.45, 7) is 3.56. The standard InChI is InChI=1S/C28H26N2O10/c1-28(2)23(35-4)21-22(39-27(33)38-21)26(40-28)36-18-10-9-14-12-17(25(32)37-19(14)20(18)34-3)30-24(31)16-11-13-7-5-6-8-15(13)29-16/h5-12,21-23,26,29H,1-4H3,(H,30,31)/t21-,22+,23+,26+/m0/s1. The van der Waals surface area contributed by atoms with E-state index in [9.17, 15) is 14.4 Å². The van der Waals surface area contributed by atoms with Gasteiger partial charge in [-0.3, -0.25) is 4.79 Å². The molecule has 2 aliphatic heterocycles. The fourth-order valence-electron chi connectivity index (χ4n) is 5.19. The second-order valence-corrected chi connectivity index (χ2v) is 9.97. The first-order chi connectivity index (χ1) is 19.2. The highest BCUT2D eigenvalue weighted by molar-refractivity contribution is 6.06. The monoisotopic (exact) mass is 550 g/mol. The number of carbonyl (C=O) groups excluding carboxylic acids is 2. The molecule has 2 N–H and O–H groups in total. The lowest BCUT2D eigenvalue weighted by Crippen LogP contribution is -2.62. The molecule has 2 aromatic heterocycles. The number of hydrogen-bond acceptors (Lipinski definition) is 10. The number of methoxy groups -OCH3 is 2. The first kappa shape index (κ1) is 25.7. The van der Waals surface area contributed by atoms with Crippen molar-refractivity contribution in [3.63, 3.8) is 0 Å². The molecule has 12 nitrogen and oxygen atoms in total. The summed E-state index contributed by atoms with van der Waals surface area (Å²) in [5.41, 5.74) is -0.554. The summed E-state index contributed by atoms with van der Waals surface area (Å²) >= 11 is 0. The first-order valence-electron chi connectivity index (χ1n) is 12.5. The minimum atomic E-state index is -1.08. The highest BCUT2D eigenvalue weighted by Crippen LogP contribution is 2.42. The van der Waals surface area contributed by atoms with Crippen LogP contribution in [0.5, 0.6) is 11.5 Å². The highest BCUT2D eigenvalue weighted by Gasteiger charge is 2.59. The predicted octanol–water partition coefficient (Wildman–Crippen LogP) is 3.97. The van der Waals surface area contributed by atoms with Crippen molar-refractivity contribution < 1.29 is 42.4 Å². The number of hydrogen-bond donors (Lipinski definition) is 2. The zero-order valence-electron chi connectivity index (χ0n) is 22.0. The van der Waals surface area contributed by atoms with Crippen LogP contribution in [0.4, 0.5) is 10.5 Å². The van der Waals surface area contributed by atoms with Crippen molar-refractivity contribution in [2.45, 2.75) is 44.1 Å². The summed E-state index contributed by atoms with van der Waals surface area (Å²) in [7, 11) is 2.88. The Morgan fingerprint density at radius 2 is 1.77 bits per heavy atom. The molecule has 0 bridgehead atoms. The van der Waals surface area contributed by atoms with Gasteiger partial charge in [0, 0.05) is 23.4 Å². The van der Waals surface area contributed by atoms with E-state index in [0.717, 1.165) is 10.9 Å². The lowest BCUT2D eigenvalue weighted by molar-refractivity contribution is -0.283. The van der Waals surface area contributed by atoms with Crippen LogP contribution in [0, 0.1) is 0 Å². The molecule has 208 valence electrons. The molecule has 0 aliphatic carbocycles. The third-order valence-electron chi connectivity index (χ3n) is 7.01. The van der Waals surface area contributed by atoms with Crippen LogP contribution in [0.3, 0.4) is 0 Å². The van der Waals surface area contributed by atoms with Gasteiger partial charge in [0.05, 0.1) is 12.7 Å². The first-order valence-corrected chi connectivity index (χ1v) is 12.5. The maximum absolute atomic E-state index is 12.9. The van der Waals surface area contributed by atoms with Crippen molar-refractivity contribution in [2.24, 2.45) is 0 Å². The number of para-hydroxylation sites is 1. The van der Waals surface area contributed by atoms with Crippen LogP contribution in [0.2, 0.25) is 0 Å². The van der Waals surface area contributed by atoms with Gasteiger partial charge in [0.1, 0.15) is 17.5 Å². The van der Waals surface area contributed by atoms with Gasteiger partial charge in [-0.2, -0.15) is 0 Å². The Bertz CT molecular complexity index is 1660. The van der Waals surface area contributed by atoms with Crippen LogP contribution in [0.25, 0.3) is 21.9 Å². The molecule has 6 rings (SSSR count). The zero-order valence-corrected chi connectivity index (χ0v) is 22.0. The summed E-state index contributed by atoms with van der Waals surface area (Å²) in [6.07, 6.45) is -4.21. The van der Waals surface area contributed by atoms with E-state index in [1.807, 2.05) is 24.3 Å². The summed E-state index contributed by atoms with van der Waals surface area (Å²) in [4.78, 5) is 40.7. The molecule has 2 fully saturated rings. The van der Waals surface area contributed by atoms with Crippen LogP contribution in [0.15, 0.2) is 57.7 Å². The van der Waals surface area contributed by atoms with Crippen LogP contribution in [0.1, 0.15) is 24.3 Å². The molecule has 2 aliphatic rings. The average molecular weight is 551 g/mol. The van der Waals surface area contributed by atoms with Crippen LogP contribution >= 0.6 is 0 Å². The Morgan fingerprint density at radius 3 is 2.52 bits per heavy atom. The van der Waals surface area contributed by atoms with E-state index in [-0.39, 0.29) is 22.8 Å². The van der Waals surface area contributed by atoms with E-state index in [4.69, 9.17) is 32.8 Å². The van der Waals surface area contributed by atoms with Gasteiger partial charge in [0.15, 0.2) is 17.4 Å². The van der Waals surface area contributed by atoms with Crippen molar-refractivity contribution in [3.05, 3.63) is 64.6 Å². The van der Waals surface area contributed by atoms with Crippen molar-refractivity contribution in [3.8, 4) is 11.5 Å². The molecule has 4 aromatic rings. The number of nitrogens with one attached hydrogen (secondary N) is 2. The number of anilines is 1. The van der Waals surface area contributed by atoms with E-state index < -0.39 is 47.9 Å². The number of aromatic amines is 1. The molecule has 12 heteroatoms. The van der Waals surface area contributed by atoms with Crippen molar-refractivity contribution in [1.29, 1.82) is 0 Å². The minimum absolute atomic E-state index is 0.0484. The van der Waals surface area contributed by atoms with E-state index in [0.29, 0.717) is 11.1 Å². The van der Waals surface area contributed by atoms with E-state index in [1.165, 1.54) is 20.3 Å². The third-order valence-corrected chi connectivity index (χ3v) is 7.01. The molecule has 2 saturated heterocycles. The maximum Gasteiger partial charge on any atom is 0.509 e. The van der Waals surface area contributed by atoms with Crippen molar-refractivity contribution >= 4 is 39.6 Å². The molecule has 1 amide bonds. The molecule has 40 heavy (non-hydrogen) atoms. The number of benzene rings is 2. The Kier molecular flexibility index (Phi) is 6.15. The molecular formula is C28H26N2O10. The van der Waals surface area contributed by atoms with E-state index in [1.54, 1.807) is 32.0 Å². The van der Waals surface area contributed by atoms with Gasteiger partial charge in [0.25, 0.3) is 5.91 Å². The van der Waals surface area contributed by atoms with Gasteiger partial charge >= 0.3 is 11.8 Å². The lowest BCUT2D eigenvalue weighted by Gasteiger charge is -2.45. The van der Waals surface area contributed by atoms with Gasteiger partial charge in [-0.15, -0.1) is 0 Å². The molecule has 2 aromatic carbocycles. The molecule has 0 saturated carbocycles. The number of ether oxygens (including phenoxy) is 6. The fourth-order valence-corrected chi connectivity index (χ4v) is 5.19. The number of rotatable bonds is 6. The largest absolute Gasteiger partial charge is 0.509 e. The Balaban J connectivity index is 1.29. The number of H-pyrrole nitrogens is 1. The number of fused-ring (bicyclic) bond motifs is 3. The molecule has 4 heterocycles. The molecule has 4 atom stereocenters. The number of aromatic nitrogens is 1. The summed E-state index contributed by atoms with van der Waals surface area (Å²) < 4.78 is 39.5. The summed E-state index contributed by atoms with van der Waals surface area (Å²) in [5, 5.41) is 3.93. The van der Waals surface area contributed by atoms with Gasteiger partial charge in [-0.05, 0) is 44.2 Å². The van der Waals surface area contributed by atoms with Crippen molar-refractivity contribution in [1.82, 2.24) is 4.98 Å². The van der Waals surface area contributed by atoms with Gasteiger partial charge in [0.2, 0.25) is 18.1 Å². The van der Waals surface area contributed by atoms with Gasteiger partial charge in [-0.25, -0.2) is 9.59 Å². The van der Waals surface area contributed by atoms with Crippen LogP contribution in [-0.4, -0.2) is 61.5 Å². The normalized spacial score (nSPS) is 23.4. The minimum Gasteiger partial charge on any atom is -0.490 e. The Hall–Kier alpha value is -4.55. The average Bonchev–Trinajstić information content (AvgIpc) is 3.52. The van der Waals surface area contributed by atoms with Crippen molar-refractivity contribution in [2.75, 3.05) is 19.5 Å². The molecule has 0 unspecified atom stereocenters. The topological polar surface area (TPSA) is 148 Å². The lowest BCUT2D eigenvalue weighted by atomic mass is 9.89. The van der Waals surface area contributed by atoms with Gasteiger partial charge < -0.3 is 43.1 Å². The predicted molar refractivity (Wildman–Crippen MR) is 141 cm³/mol. The number of amides is 1. The highest BCUT2D eigenvalue weighted by atomic mass is 16.8. The Morgan fingerprint density at radius 1 is 1.00 bits per heavy atom. The SMILES string of the molecule is COc1c(O[C@@H]2OC(C)(C)[C@H](OC)[C@H]3OC(=O)O[C@@H]23)ccc2cc(NC(=O)c3cc4ccccc4[nH]3)c(=O)oc12. The number of carbonyl (C=O) groups is 2. The zero-order chi connectivity index (χ0) is 28.2. The summed E-state index contributed by atoms with van der Waals surface area (Å²) in [6, 6.07) is 13.9. The second-order valence-electron chi connectivity index (χ2n) is 9.97. The summed E-state index contributed by atoms with van der Waals surface area (Å²) in [5.74, 6) is -0.212. The maximum atomic E-state index is 12.9. The van der Waals surface area contributed by atoms with E-state index in [2.05, 4.69) is 10.3 Å².